The minimum atomic E-state index is -0.707. The number of aromatic amines is 1. The van der Waals surface area contributed by atoms with E-state index < -0.39 is 6.10 Å². The summed E-state index contributed by atoms with van der Waals surface area (Å²) in [4.78, 5) is 20.2. The van der Waals surface area contributed by atoms with Gasteiger partial charge in [-0.1, -0.05) is 30.3 Å². The Hall–Kier alpha value is -2.79. The van der Waals surface area contributed by atoms with Crippen molar-refractivity contribution in [2.24, 2.45) is 12.0 Å². The first-order valence-corrected chi connectivity index (χ1v) is 7.95. The molecule has 1 aliphatic carbocycles. The molecule has 2 N–H and O–H groups in total. The van der Waals surface area contributed by atoms with Gasteiger partial charge in [0.2, 0.25) is 5.78 Å². The maximum Gasteiger partial charge on any atom is 0.224 e. The Morgan fingerprint density at radius 1 is 1.29 bits per heavy atom. The van der Waals surface area contributed by atoms with Gasteiger partial charge in [0.1, 0.15) is 12.7 Å². The molecule has 0 saturated carbocycles. The van der Waals surface area contributed by atoms with Crippen molar-refractivity contribution in [3.05, 3.63) is 65.7 Å². The van der Waals surface area contributed by atoms with Crippen LogP contribution in [-0.4, -0.2) is 28.1 Å². The van der Waals surface area contributed by atoms with Crippen LogP contribution in [0.15, 0.2) is 53.8 Å². The zero-order valence-corrected chi connectivity index (χ0v) is 13.4. The van der Waals surface area contributed by atoms with Crippen LogP contribution < -0.4 is 4.57 Å². The quantitative estimate of drug-likeness (QED) is 0.724. The van der Waals surface area contributed by atoms with Crippen molar-refractivity contribution >= 4 is 22.3 Å². The predicted molar refractivity (Wildman–Crippen MR) is 91.2 cm³/mol. The van der Waals surface area contributed by atoms with E-state index in [4.69, 9.17) is 0 Å². The van der Waals surface area contributed by atoms with Crippen LogP contribution in [0.5, 0.6) is 0 Å². The number of nitrogens with one attached hydrogen (secondary N) is 1. The third-order valence-corrected chi connectivity index (χ3v) is 4.57. The lowest BCUT2D eigenvalue weighted by atomic mass is 9.95. The standard InChI is InChI=1S/C19H17N3O2/c1-22-8-7-13-10-21-18-17(13)15(22)9-14(19(18)24)20-11-16(23)12-5-3-2-4-6-12/h2-8,10,16,23H,9,11H2,1H3/p+1. The molecule has 24 heavy (non-hydrogen) atoms. The summed E-state index contributed by atoms with van der Waals surface area (Å²) in [5, 5.41) is 12.3. The Morgan fingerprint density at radius 3 is 2.88 bits per heavy atom. The van der Waals surface area contributed by atoms with Crippen molar-refractivity contribution in [2.75, 3.05) is 6.54 Å². The van der Waals surface area contributed by atoms with Crippen LogP contribution in [0, 0.1) is 0 Å². The Balaban J connectivity index is 1.66. The number of carbonyl (C=O) groups excluding carboxylic acids is 1. The largest absolute Gasteiger partial charge is 0.386 e. The minimum absolute atomic E-state index is 0.0797. The first-order chi connectivity index (χ1) is 11.6. The van der Waals surface area contributed by atoms with Gasteiger partial charge in [0, 0.05) is 17.6 Å². The maximum atomic E-state index is 12.7. The van der Waals surface area contributed by atoms with Gasteiger partial charge in [-0.2, -0.15) is 0 Å². The molecule has 0 saturated heterocycles. The molecule has 4 rings (SSSR count). The lowest BCUT2D eigenvalue weighted by Gasteiger charge is -2.13. The zero-order chi connectivity index (χ0) is 16.7. The van der Waals surface area contributed by atoms with Crippen molar-refractivity contribution in [1.29, 1.82) is 0 Å². The number of carbonyl (C=O) groups is 1. The number of hydrogen-bond donors (Lipinski definition) is 2. The number of benzene rings is 1. The number of Topliss-reactive ketones (excluding diaryl/α,β-unsaturated/α-hetero) is 1. The molecule has 0 fully saturated rings. The summed E-state index contributed by atoms with van der Waals surface area (Å²) < 4.78 is 2.02. The second-order valence-corrected chi connectivity index (χ2v) is 6.09. The number of H-pyrrole nitrogens is 1. The third-order valence-electron chi connectivity index (χ3n) is 4.57. The Morgan fingerprint density at radius 2 is 2.08 bits per heavy atom. The average molecular weight is 320 g/mol. The van der Waals surface area contributed by atoms with E-state index in [1.165, 1.54) is 0 Å². The molecule has 2 heterocycles. The van der Waals surface area contributed by atoms with E-state index in [1.54, 1.807) is 0 Å². The SMILES string of the molecule is C[n+]1ccc2c[nH]c3c2c1CC(=NCC(O)c1ccccc1)C3=O. The molecular formula is C19H18N3O2+. The molecule has 0 bridgehead atoms. The molecule has 1 aliphatic rings. The molecule has 3 aromatic rings. The predicted octanol–water partition coefficient (Wildman–Crippen LogP) is 1.91. The summed E-state index contributed by atoms with van der Waals surface area (Å²) in [6, 6.07) is 11.4. The number of ketones is 1. The monoisotopic (exact) mass is 320 g/mol. The van der Waals surface area contributed by atoms with Gasteiger partial charge in [-0.3, -0.25) is 9.79 Å². The molecular weight excluding hydrogens is 302 g/mol. The number of pyridine rings is 1. The summed E-state index contributed by atoms with van der Waals surface area (Å²) in [7, 11) is 1.97. The van der Waals surface area contributed by atoms with Crippen LogP contribution in [0.25, 0.3) is 10.8 Å². The number of rotatable bonds is 3. The smallest absolute Gasteiger partial charge is 0.224 e. The molecule has 5 nitrogen and oxygen atoms in total. The normalized spacial score (nSPS) is 16.8. The first kappa shape index (κ1) is 14.8. The van der Waals surface area contributed by atoms with Crippen molar-refractivity contribution in [3.63, 3.8) is 0 Å². The van der Waals surface area contributed by atoms with E-state index in [2.05, 4.69) is 9.98 Å². The van der Waals surface area contributed by atoms with Gasteiger partial charge >= 0.3 is 0 Å². The fourth-order valence-corrected chi connectivity index (χ4v) is 3.22. The average Bonchev–Trinajstić information content (AvgIpc) is 3.04. The lowest BCUT2D eigenvalue weighted by Crippen LogP contribution is -2.38. The molecule has 2 aromatic heterocycles. The topological polar surface area (TPSA) is 69.3 Å². The number of aliphatic hydroxyl groups excluding tert-OH is 1. The zero-order valence-electron chi connectivity index (χ0n) is 13.4. The van der Waals surface area contributed by atoms with E-state index in [0.717, 1.165) is 22.0 Å². The van der Waals surface area contributed by atoms with Gasteiger partial charge in [0.25, 0.3) is 0 Å². The molecule has 120 valence electrons. The number of aromatic nitrogens is 2. The Labute approximate surface area is 139 Å². The number of aryl methyl sites for hydroxylation is 1. The van der Waals surface area contributed by atoms with E-state index in [1.807, 2.05) is 60.4 Å². The molecule has 0 spiro atoms. The van der Waals surface area contributed by atoms with Crippen molar-refractivity contribution in [3.8, 4) is 0 Å². The van der Waals surface area contributed by atoms with Gasteiger partial charge in [-0.15, -0.1) is 0 Å². The summed E-state index contributed by atoms with van der Waals surface area (Å²) in [6.45, 7) is 0.181. The molecule has 1 unspecified atom stereocenters. The van der Waals surface area contributed by atoms with Crippen LogP contribution in [0.2, 0.25) is 0 Å². The van der Waals surface area contributed by atoms with Crippen LogP contribution in [0.3, 0.4) is 0 Å². The maximum absolute atomic E-state index is 12.7. The summed E-state index contributed by atoms with van der Waals surface area (Å²) in [6.07, 6.45) is 3.62. The number of nitrogens with zero attached hydrogens (tertiary/aromatic N) is 2. The van der Waals surface area contributed by atoms with Gasteiger partial charge in [-0.25, -0.2) is 4.57 Å². The molecule has 1 aromatic carbocycles. The van der Waals surface area contributed by atoms with Crippen molar-refractivity contribution < 1.29 is 14.5 Å². The van der Waals surface area contributed by atoms with E-state index in [-0.39, 0.29) is 12.3 Å². The minimum Gasteiger partial charge on any atom is -0.386 e. The van der Waals surface area contributed by atoms with Crippen LogP contribution >= 0.6 is 0 Å². The molecule has 1 atom stereocenters. The second kappa shape index (κ2) is 5.69. The second-order valence-electron chi connectivity index (χ2n) is 6.09. The molecule has 0 amide bonds. The summed E-state index contributed by atoms with van der Waals surface area (Å²) in [5.74, 6) is -0.0797. The van der Waals surface area contributed by atoms with Crippen molar-refractivity contribution in [1.82, 2.24) is 4.98 Å². The van der Waals surface area contributed by atoms with Gasteiger partial charge in [0.05, 0.1) is 30.2 Å². The highest BCUT2D eigenvalue weighted by molar-refractivity contribution is 6.49. The fourth-order valence-electron chi connectivity index (χ4n) is 3.22. The van der Waals surface area contributed by atoms with E-state index in [0.29, 0.717) is 17.8 Å². The Kier molecular flexibility index (Phi) is 3.50. The van der Waals surface area contributed by atoms with Gasteiger partial charge < -0.3 is 10.1 Å². The van der Waals surface area contributed by atoms with E-state index >= 15 is 0 Å². The number of aliphatic hydroxyl groups is 1. The van der Waals surface area contributed by atoms with Gasteiger partial charge in [0.15, 0.2) is 11.9 Å². The van der Waals surface area contributed by atoms with Crippen LogP contribution in [0.1, 0.15) is 27.8 Å². The molecule has 0 aliphatic heterocycles. The van der Waals surface area contributed by atoms with Crippen LogP contribution in [-0.2, 0) is 13.5 Å². The molecule has 5 heteroatoms. The molecule has 0 radical (unpaired) electrons. The van der Waals surface area contributed by atoms with E-state index in [9.17, 15) is 9.90 Å². The highest BCUT2D eigenvalue weighted by atomic mass is 16.3. The lowest BCUT2D eigenvalue weighted by molar-refractivity contribution is -0.677. The number of aliphatic imine (C=N–C) groups is 1. The van der Waals surface area contributed by atoms with Crippen molar-refractivity contribution in [2.45, 2.75) is 12.5 Å². The van der Waals surface area contributed by atoms with Gasteiger partial charge in [-0.05, 0) is 5.56 Å². The third kappa shape index (κ3) is 2.34. The summed E-state index contributed by atoms with van der Waals surface area (Å²) in [5.41, 5.74) is 2.95. The highest BCUT2D eigenvalue weighted by Gasteiger charge is 2.31. The number of hydrogen-bond acceptors (Lipinski definition) is 3. The fraction of sp³-hybridized carbons (Fsp3) is 0.211. The van der Waals surface area contributed by atoms with Crippen LogP contribution in [0.4, 0.5) is 0 Å². The highest BCUT2D eigenvalue weighted by Crippen LogP contribution is 2.26. The Bertz CT molecular complexity index is 957. The first-order valence-electron chi connectivity index (χ1n) is 7.95. The summed E-state index contributed by atoms with van der Waals surface area (Å²) >= 11 is 0.